The molecule has 1 fully saturated rings. The summed E-state index contributed by atoms with van der Waals surface area (Å²) in [5.41, 5.74) is 2.14. The van der Waals surface area contributed by atoms with Gasteiger partial charge in [-0.1, -0.05) is 17.8 Å². The van der Waals surface area contributed by atoms with E-state index in [1.54, 1.807) is 25.5 Å². The summed E-state index contributed by atoms with van der Waals surface area (Å²) in [6.07, 6.45) is 10.2. The third-order valence-corrected chi connectivity index (χ3v) is 7.73. The molecule has 2 aromatic heterocycles. The summed E-state index contributed by atoms with van der Waals surface area (Å²) in [6, 6.07) is 8.14. The maximum atomic E-state index is 12.3. The normalized spacial score (nSPS) is 18.1. The summed E-state index contributed by atoms with van der Waals surface area (Å²) < 4.78 is 12.8. The molecule has 2 heterocycles. The number of methoxy groups -OCH3 is 1. The molecule has 8 nitrogen and oxygen atoms in total. The van der Waals surface area contributed by atoms with Crippen molar-refractivity contribution in [2.75, 3.05) is 34.5 Å². The van der Waals surface area contributed by atoms with Gasteiger partial charge in [0.15, 0.2) is 0 Å². The number of fused-ring (bicyclic) bond motifs is 1. The van der Waals surface area contributed by atoms with Crippen LogP contribution < -0.4 is 4.74 Å². The van der Waals surface area contributed by atoms with E-state index < -0.39 is 0 Å². The van der Waals surface area contributed by atoms with Crippen LogP contribution >= 0.6 is 11.3 Å². The molecule has 1 aliphatic carbocycles. The molecule has 0 N–H and O–H groups in total. The van der Waals surface area contributed by atoms with Gasteiger partial charge in [0.25, 0.3) is 0 Å². The minimum atomic E-state index is 0.0394. The van der Waals surface area contributed by atoms with Crippen molar-refractivity contribution in [3.05, 3.63) is 36.2 Å². The van der Waals surface area contributed by atoms with Gasteiger partial charge in [-0.15, -0.1) is 0 Å². The number of ether oxygens (including phenoxy) is 2. The Morgan fingerprint density at radius 2 is 1.77 bits per heavy atom. The molecule has 1 aliphatic rings. The first-order valence-electron chi connectivity index (χ1n) is 12.5. The number of aromatic nitrogens is 3. The number of hydroxylamine groups is 2. The third kappa shape index (κ3) is 6.59. The highest BCUT2D eigenvalue weighted by molar-refractivity contribution is 7.19. The number of hydrogen-bond acceptors (Lipinski definition) is 7. The molecule has 0 saturated heterocycles. The van der Waals surface area contributed by atoms with Gasteiger partial charge in [-0.25, -0.2) is 14.6 Å². The topological polar surface area (TPSA) is 78.2 Å². The average Bonchev–Trinajstić information content (AvgIpc) is 3.47. The number of carbonyl (C=O) groups is 1. The van der Waals surface area contributed by atoms with Gasteiger partial charge in [0.2, 0.25) is 10.9 Å². The highest BCUT2D eigenvalue weighted by atomic mass is 32.1. The first kappa shape index (κ1) is 25.6. The van der Waals surface area contributed by atoms with Gasteiger partial charge in [0.1, 0.15) is 10.8 Å². The van der Waals surface area contributed by atoms with Gasteiger partial charge in [0, 0.05) is 38.2 Å². The standard InChI is InChI=1S/C26H36N4O4S/c1-29(33-3)25(31)21-10-8-19(9-11-21)23-18-30-26(27-23)35-24(28-30)20-12-14-22(15-13-20)34-17-7-5-4-6-16-32-2/h12-15,18-19,21H,4-11,16-17H2,1-3H3/t19-,21-. The molecule has 190 valence electrons. The van der Waals surface area contributed by atoms with Crippen LogP contribution in [-0.4, -0.2) is 60.0 Å². The molecule has 1 aromatic carbocycles. The van der Waals surface area contributed by atoms with Crippen LogP contribution in [-0.2, 0) is 14.4 Å². The lowest BCUT2D eigenvalue weighted by Crippen LogP contribution is -2.34. The number of unbranched alkanes of at least 4 members (excludes halogenated alkanes) is 3. The number of imidazole rings is 1. The van der Waals surface area contributed by atoms with Crippen molar-refractivity contribution >= 4 is 22.2 Å². The maximum absolute atomic E-state index is 12.3. The Kier molecular flexibility index (Phi) is 9.12. The van der Waals surface area contributed by atoms with E-state index in [0.717, 1.165) is 85.1 Å². The monoisotopic (exact) mass is 500 g/mol. The van der Waals surface area contributed by atoms with Gasteiger partial charge in [-0.2, -0.15) is 5.10 Å². The van der Waals surface area contributed by atoms with Crippen molar-refractivity contribution in [3.8, 4) is 16.3 Å². The molecule has 1 amide bonds. The lowest BCUT2D eigenvalue weighted by Gasteiger charge is -2.28. The zero-order chi connectivity index (χ0) is 24.6. The summed E-state index contributed by atoms with van der Waals surface area (Å²) in [6.45, 7) is 1.57. The molecular weight excluding hydrogens is 464 g/mol. The van der Waals surface area contributed by atoms with Crippen molar-refractivity contribution < 1.29 is 19.1 Å². The van der Waals surface area contributed by atoms with Crippen LogP contribution in [0, 0.1) is 5.92 Å². The lowest BCUT2D eigenvalue weighted by molar-refractivity contribution is -0.174. The molecule has 35 heavy (non-hydrogen) atoms. The second-order valence-corrected chi connectivity index (χ2v) is 10.1. The van der Waals surface area contributed by atoms with Crippen LogP contribution in [0.1, 0.15) is 63.0 Å². The van der Waals surface area contributed by atoms with E-state index in [-0.39, 0.29) is 11.8 Å². The van der Waals surface area contributed by atoms with E-state index in [2.05, 4.69) is 12.1 Å². The summed E-state index contributed by atoms with van der Waals surface area (Å²) in [5, 5.41) is 7.05. The zero-order valence-corrected chi connectivity index (χ0v) is 21.8. The largest absolute Gasteiger partial charge is 0.494 e. The second kappa shape index (κ2) is 12.5. The summed E-state index contributed by atoms with van der Waals surface area (Å²) in [4.78, 5) is 23.2. The molecule has 0 radical (unpaired) electrons. The van der Waals surface area contributed by atoms with E-state index in [1.807, 2.05) is 22.8 Å². The van der Waals surface area contributed by atoms with E-state index in [1.165, 1.54) is 18.6 Å². The number of rotatable bonds is 12. The summed E-state index contributed by atoms with van der Waals surface area (Å²) in [7, 11) is 4.95. The van der Waals surface area contributed by atoms with E-state index in [4.69, 9.17) is 24.4 Å². The van der Waals surface area contributed by atoms with Crippen LogP contribution in [0.4, 0.5) is 0 Å². The van der Waals surface area contributed by atoms with E-state index in [0.29, 0.717) is 5.92 Å². The number of carbonyl (C=O) groups excluding carboxylic acids is 1. The van der Waals surface area contributed by atoms with Crippen LogP contribution in [0.25, 0.3) is 15.5 Å². The molecule has 0 aliphatic heterocycles. The summed E-state index contributed by atoms with van der Waals surface area (Å²) in [5.74, 6) is 1.37. The first-order chi connectivity index (χ1) is 17.1. The third-order valence-electron chi connectivity index (χ3n) is 6.75. The van der Waals surface area contributed by atoms with Crippen molar-refractivity contribution in [3.63, 3.8) is 0 Å². The van der Waals surface area contributed by atoms with Crippen molar-refractivity contribution in [1.29, 1.82) is 0 Å². The molecule has 3 aromatic rings. The Labute approximate surface area is 211 Å². The van der Waals surface area contributed by atoms with Crippen molar-refractivity contribution in [2.24, 2.45) is 5.92 Å². The maximum Gasteiger partial charge on any atom is 0.248 e. The molecular formula is C26H36N4O4S. The minimum absolute atomic E-state index is 0.0394. The van der Waals surface area contributed by atoms with Crippen LogP contribution in [0.15, 0.2) is 30.5 Å². The fraction of sp³-hybridized carbons (Fsp3) is 0.577. The average molecular weight is 501 g/mol. The van der Waals surface area contributed by atoms with Gasteiger partial charge in [-0.3, -0.25) is 9.63 Å². The van der Waals surface area contributed by atoms with Crippen LogP contribution in [0.2, 0.25) is 0 Å². The van der Waals surface area contributed by atoms with Gasteiger partial charge >= 0.3 is 0 Å². The number of benzene rings is 1. The van der Waals surface area contributed by atoms with E-state index in [9.17, 15) is 4.79 Å². The SMILES string of the molecule is COCCCCCCOc1ccc(-c2nn3cc([C@H]4CC[C@H](C(=O)N(C)OC)CC4)nc3s2)cc1. The molecule has 1 saturated carbocycles. The predicted octanol–water partition coefficient (Wildman–Crippen LogP) is 5.34. The Morgan fingerprint density at radius 3 is 2.43 bits per heavy atom. The molecule has 0 bridgehead atoms. The van der Waals surface area contributed by atoms with Gasteiger partial charge in [0.05, 0.1) is 25.6 Å². The van der Waals surface area contributed by atoms with Crippen molar-refractivity contribution in [2.45, 2.75) is 57.3 Å². The zero-order valence-electron chi connectivity index (χ0n) is 20.9. The molecule has 9 heteroatoms. The molecule has 0 atom stereocenters. The Balaban J connectivity index is 1.28. The lowest BCUT2D eigenvalue weighted by atomic mass is 9.80. The minimum Gasteiger partial charge on any atom is -0.494 e. The fourth-order valence-electron chi connectivity index (χ4n) is 4.60. The number of hydrogen-bond donors (Lipinski definition) is 0. The fourth-order valence-corrected chi connectivity index (χ4v) is 5.49. The molecule has 4 rings (SSSR count). The Bertz CT molecular complexity index is 1040. The number of amides is 1. The Hall–Kier alpha value is -2.49. The number of nitrogens with zero attached hydrogens (tertiary/aromatic N) is 4. The van der Waals surface area contributed by atoms with Crippen molar-refractivity contribution in [1.82, 2.24) is 19.7 Å². The van der Waals surface area contributed by atoms with Crippen LogP contribution in [0.5, 0.6) is 5.75 Å². The smallest absolute Gasteiger partial charge is 0.248 e. The molecule has 0 unspecified atom stereocenters. The van der Waals surface area contributed by atoms with E-state index >= 15 is 0 Å². The molecule has 0 spiro atoms. The first-order valence-corrected chi connectivity index (χ1v) is 13.3. The Morgan fingerprint density at radius 1 is 1.06 bits per heavy atom. The second-order valence-electron chi connectivity index (χ2n) is 9.15. The summed E-state index contributed by atoms with van der Waals surface area (Å²) >= 11 is 1.60. The van der Waals surface area contributed by atoms with Gasteiger partial charge < -0.3 is 9.47 Å². The highest BCUT2D eigenvalue weighted by Gasteiger charge is 2.30. The predicted molar refractivity (Wildman–Crippen MR) is 137 cm³/mol. The highest BCUT2D eigenvalue weighted by Crippen LogP contribution is 2.37. The van der Waals surface area contributed by atoms with Crippen LogP contribution in [0.3, 0.4) is 0 Å². The quantitative estimate of drug-likeness (QED) is 0.247. The van der Waals surface area contributed by atoms with Gasteiger partial charge in [-0.05, 0) is 69.2 Å².